The third kappa shape index (κ3) is 7.74. The second-order valence-corrected chi connectivity index (χ2v) is 8.06. The first-order valence-electron chi connectivity index (χ1n) is 3.20. The van der Waals surface area contributed by atoms with Crippen LogP contribution >= 0.6 is 0 Å². The molecule has 0 amide bonds. The molecule has 2 N–H and O–H groups in total. The molecule has 0 aromatic heterocycles. The van der Waals surface area contributed by atoms with E-state index in [4.69, 9.17) is 5.73 Å². The molecule has 0 aromatic rings. The van der Waals surface area contributed by atoms with E-state index >= 15 is 0 Å². The number of hydrogen-bond acceptors (Lipinski definition) is 1. The monoisotopic (exact) mass is 141 g/mol. The smallest absolute Gasteiger partial charge is 0.129 e. The van der Waals surface area contributed by atoms with Crippen LogP contribution in [0, 0.1) is 11.5 Å². The Morgan fingerprint density at radius 2 is 1.78 bits per heavy atom. The third-order valence-electron chi connectivity index (χ3n) is 0.675. The highest BCUT2D eigenvalue weighted by molar-refractivity contribution is 6.83. The van der Waals surface area contributed by atoms with Crippen LogP contribution in [0.4, 0.5) is 0 Å². The molecule has 0 saturated heterocycles. The first-order chi connectivity index (χ1) is 3.92. The van der Waals surface area contributed by atoms with E-state index in [-0.39, 0.29) is 6.04 Å². The molecule has 9 heavy (non-hydrogen) atoms. The van der Waals surface area contributed by atoms with Gasteiger partial charge < -0.3 is 5.73 Å². The Morgan fingerprint density at radius 3 is 1.89 bits per heavy atom. The standard InChI is InChI=1S/C7H15NSi/c1-7(8)5-6-9(2,3)4/h7H,8H2,1-4H3. The normalized spacial score (nSPS) is 13.9. The van der Waals surface area contributed by atoms with E-state index in [9.17, 15) is 0 Å². The molecule has 1 nitrogen and oxygen atoms in total. The van der Waals surface area contributed by atoms with Crippen LogP contribution < -0.4 is 5.73 Å². The third-order valence-corrected chi connectivity index (χ3v) is 1.57. The van der Waals surface area contributed by atoms with E-state index in [1.165, 1.54) is 0 Å². The van der Waals surface area contributed by atoms with Gasteiger partial charge >= 0.3 is 0 Å². The fourth-order valence-electron chi connectivity index (χ4n) is 0.330. The van der Waals surface area contributed by atoms with Gasteiger partial charge in [0.1, 0.15) is 8.07 Å². The first-order valence-corrected chi connectivity index (χ1v) is 6.70. The summed E-state index contributed by atoms with van der Waals surface area (Å²) >= 11 is 0. The summed E-state index contributed by atoms with van der Waals surface area (Å²) in [6.07, 6.45) is 0. The van der Waals surface area contributed by atoms with Crippen LogP contribution in [-0.2, 0) is 0 Å². The van der Waals surface area contributed by atoms with E-state index in [0.717, 1.165) is 0 Å². The van der Waals surface area contributed by atoms with Crippen molar-refractivity contribution in [1.82, 2.24) is 0 Å². The van der Waals surface area contributed by atoms with Crippen molar-refractivity contribution in [3.8, 4) is 11.5 Å². The quantitative estimate of drug-likeness (QED) is 0.398. The van der Waals surface area contributed by atoms with E-state index in [1.54, 1.807) is 0 Å². The molecule has 0 bridgehead atoms. The molecule has 2 heteroatoms. The lowest BCUT2D eigenvalue weighted by atomic mass is 10.4. The van der Waals surface area contributed by atoms with Gasteiger partial charge in [0.15, 0.2) is 0 Å². The number of hydrogen-bond donors (Lipinski definition) is 1. The largest absolute Gasteiger partial charge is 0.318 e. The van der Waals surface area contributed by atoms with Gasteiger partial charge in [-0.2, -0.15) is 0 Å². The summed E-state index contributed by atoms with van der Waals surface area (Å²) in [5.74, 6) is 2.97. The minimum absolute atomic E-state index is 0.0386. The lowest BCUT2D eigenvalue weighted by Gasteiger charge is -2.03. The van der Waals surface area contributed by atoms with Gasteiger partial charge in [0.25, 0.3) is 0 Å². The zero-order valence-corrected chi connectivity index (χ0v) is 7.65. The Labute approximate surface area is 58.6 Å². The summed E-state index contributed by atoms with van der Waals surface area (Å²) in [7, 11) is -1.16. The lowest BCUT2D eigenvalue weighted by molar-refractivity contribution is 0.960. The van der Waals surface area contributed by atoms with Crippen molar-refractivity contribution >= 4 is 8.07 Å². The van der Waals surface area contributed by atoms with Crippen LogP contribution in [-0.4, -0.2) is 14.1 Å². The maximum atomic E-state index is 5.45. The van der Waals surface area contributed by atoms with Crippen LogP contribution in [0.3, 0.4) is 0 Å². The van der Waals surface area contributed by atoms with Gasteiger partial charge in [0.2, 0.25) is 0 Å². The topological polar surface area (TPSA) is 26.0 Å². The van der Waals surface area contributed by atoms with Gasteiger partial charge in [-0.3, -0.25) is 0 Å². The number of nitrogens with two attached hydrogens (primary N) is 1. The van der Waals surface area contributed by atoms with Crippen molar-refractivity contribution in [1.29, 1.82) is 0 Å². The fraction of sp³-hybridized carbons (Fsp3) is 0.714. The van der Waals surface area contributed by atoms with Crippen molar-refractivity contribution < 1.29 is 0 Å². The molecule has 0 aliphatic rings. The maximum absolute atomic E-state index is 5.45. The highest BCUT2D eigenvalue weighted by Gasteiger charge is 2.07. The van der Waals surface area contributed by atoms with E-state index in [1.807, 2.05) is 6.92 Å². The molecule has 0 aromatic carbocycles. The summed E-state index contributed by atoms with van der Waals surface area (Å²) in [6.45, 7) is 8.54. The van der Waals surface area contributed by atoms with Crippen molar-refractivity contribution in [2.45, 2.75) is 32.6 Å². The van der Waals surface area contributed by atoms with E-state index in [0.29, 0.717) is 0 Å². The van der Waals surface area contributed by atoms with Gasteiger partial charge in [0.05, 0.1) is 6.04 Å². The molecule has 0 spiro atoms. The van der Waals surface area contributed by atoms with Gasteiger partial charge in [-0.25, -0.2) is 0 Å². The van der Waals surface area contributed by atoms with Crippen molar-refractivity contribution in [2.24, 2.45) is 5.73 Å². The molecule has 0 aliphatic heterocycles. The Balaban J connectivity index is 3.88. The molecule has 0 radical (unpaired) electrons. The average molecular weight is 141 g/mol. The Kier molecular flexibility index (Phi) is 2.96. The van der Waals surface area contributed by atoms with Crippen molar-refractivity contribution in [3.63, 3.8) is 0 Å². The summed E-state index contributed by atoms with van der Waals surface area (Å²) in [6, 6.07) is 0.0386. The SMILES string of the molecule is CC(N)C#C[Si](C)(C)C. The second kappa shape index (κ2) is 3.05. The van der Waals surface area contributed by atoms with Gasteiger partial charge in [-0.15, -0.1) is 5.54 Å². The zero-order chi connectivity index (χ0) is 7.49. The molecule has 0 heterocycles. The van der Waals surface area contributed by atoms with Gasteiger partial charge in [-0.1, -0.05) is 25.6 Å². The highest BCUT2D eigenvalue weighted by Crippen LogP contribution is 1.95. The molecular formula is C7H15NSi. The predicted octanol–water partition coefficient (Wildman–Crippen LogP) is 1.21. The van der Waals surface area contributed by atoms with Crippen LogP contribution in [0.2, 0.25) is 19.6 Å². The summed E-state index contributed by atoms with van der Waals surface area (Å²) in [4.78, 5) is 0. The number of rotatable bonds is 0. The van der Waals surface area contributed by atoms with Crippen LogP contribution in [0.25, 0.3) is 0 Å². The minimum atomic E-state index is -1.16. The molecule has 1 atom stereocenters. The molecule has 1 unspecified atom stereocenters. The average Bonchev–Trinajstić information content (AvgIpc) is 1.59. The molecule has 0 fully saturated rings. The predicted molar refractivity (Wildman–Crippen MR) is 44.8 cm³/mol. The molecule has 0 saturated carbocycles. The Bertz CT molecular complexity index is 133. The van der Waals surface area contributed by atoms with Crippen LogP contribution in [0.1, 0.15) is 6.92 Å². The van der Waals surface area contributed by atoms with Crippen LogP contribution in [0.15, 0.2) is 0 Å². The summed E-state index contributed by atoms with van der Waals surface area (Å²) in [5.41, 5.74) is 8.63. The Morgan fingerprint density at radius 1 is 1.33 bits per heavy atom. The lowest BCUT2D eigenvalue weighted by Crippen LogP contribution is -2.19. The minimum Gasteiger partial charge on any atom is -0.318 e. The molecular weight excluding hydrogens is 126 g/mol. The van der Waals surface area contributed by atoms with Gasteiger partial charge in [-0.05, 0) is 6.92 Å². The first kappa shape index (κ1) is 8.74. The van der Waals surface area contributed by atoms with E-state index < -0.39 is 8.07 Å². The summed E-state index contributed by atoms with van der Waals surface area (Å²) < 4.78 is 0. The fourth-order valence-corrected chi connectivity index (χ4v) is 0.991. The van der Waals surface area contributed by atoms with E-state index in [2.05, 4.69) is 31.1 Å². The molecule has 52 valence electrons. The highest BCUT2D eigenvalue weighted by atomic mass is 28.3. The maximum Gasteiger partial charge on any atom is 0.129 e. The van der Waals surface area contributed by atoms with Gasteiger partial charge in [0, 0.05) is 0 Å². The molecule has 0 aliphatic carbocycles. The second-order valence-electron chi connectivity index (χ2n) is 3.31. The Hall–Kier alpha value is -0.263. The summed E-state index contributed by atoms with van der Waals surface area (Å²) in [5, 5.41) is 0. The van der Waals surface area contributed by atoms with Crippen molar-refractivity contribution in [2.75, 3.05) is 0 Å². The zero-order valence-electron chi connectivity index (χ0n) is 6.65. The molecule has 0 rings (SSSR count). The van der Waals surface area contributed by atoms with Crippen molar-refractivity contribution in [3.05, 3.63) is 0 Å². The van der Waals surface area contributed by atoms with Crippen LogP contribution in [0.5, 0.6) is 0 Å².